The summed E-state index contributed by atoms with van der Waals surface area (Å²) < 4.78 is 13.2. The van der Waals surface area contributed by atoms with Gasteiger partial charge >= 0.3 is 0 Å². The third-order valence-corrected chi connectivity index (χ3v) is 7.62. The number of nitrogens with zero attached hydrogens (tertiary/aromatic N) is 5. The predicted octanol–water partition coefficient (Wildman–Crippen LogP) is 4.64. The molecule has 0 radical (unpaired) electrons. The third-order valence-electron chi connectivity index (χ3n) is 7.62. The fourth-order valence-electron chi connectivity index (χ4n) is 5.37. The number of hydrogen-bond acceptors (Lipinski definition) is 8. The fraction of sp³-hybridized carbons (Fsp3) is 0.303. The van der Waals surface area contributed by atoms with Crippen molar-refractivity contribution in [2.75, 3.05) is 50.9 Å². The van der Waals surface area contributed by atoms with Crippen LogP contribution in [0.3, 0.4) is 0 Å². The Morgan fingerprint density at radius 2 is 1.73 bits per heavy atom. The number of benzene rings is 2. The van der Waals surface area contributed by atoms with Gasteiger partial charge in [-0.25, -0.2) is 9.37 Å². The second-order valence-corrected chi connectivity index (χ2v) is 11.3. The van der Waals surface area contributed by atoms with E-state index < -0.39 is 5.41 Å². The summed E-state index contributed by atoms with van der Waals surface area (Å²) in [4.78, 5) is 44.1. The fourth-order valence-corrected chi connectivity index (χ4v) is 5.37. The molecule has 0 saturated carbocycles. The van der Waals surface area contributed by atoms with Gasteiger partial charge < -0.3 is 25.8 Å². The molecule has 0 bridgehead atoms. The summed E-state index contributed by atoms with van der Waals surface area (Å²) in [7, 11) is 3.94. The first kappa shape index (κ1) is 30.6. The zero-order valence-electron chi connectivity index (χ0n) is 25.0. The van der Waals surface area contributed by atoms with Gasteiger partial charge in [-0.05, 0) is 99.6 Å². The molecular weight excluding hydrogens is 559 g/mol. The van der Waals surface area contributed by atoms with Crippen LogP contribution in [0.25, 0.3) is 0 Å². The highest BCUT2D eigenvalue weighted by Gasteiger charge is 2.43. The Kier molecular flexibility index (Phi) is 9.75. The number of likely N-dealkylation sites (tertiary alicyclic amines) is 1. The number of piperidine rings is 1. The maximum absolute atomic E-state index is 13.7. The molecule has 4 aromatic rings. The van der Waals surface area contributed by atoms with Crippen LogP contribution in [0.5, 0.6) is 0 Å². The van der Waals surface area contributed by atoms with E-state index in [-0.39, 0.29) is 17.6 Å². The largest absolute Gasteiger partial charge is 0.354 e. The van der Waals surface area contributed by atoms with E-state index >= 15 is 0 Å². The van der Waals surface area contributed by atoms with Crippen LogP contribution in [-0.4, -0.2) is 76.8 Å². The van der Waals surface area contributed by atoms with E-state index in [0.29, 0.717) is 61.2 Å². The van der Waals surface area contributed by atoms with E-state index in [0.717, 1.165) is 18.5 Å². The van der Waals surface area contributed by atoms with Crippen LogP contribution in [0, 0.1) is 11.2 Å². The van der Waals surface area contributed by atoms with Crippen molar-refractivity contribution in [3.05, 3.63) is 102 Å². The molecule has 1 saturated heterocycles. The molecule has 44 heavy (non-hydrogen) atoms. The molecule has 0 aliphatic carbocycles. The predicted molar refractivity (Wildman–Crippen MR) is 169 cm³/mol. The molecule has 3 N–H and O–H groups in total. The minimum Gasteiger partial charge on any atom is -0.354 e. The number of hydrogen-bond donors (Lipinski definition) is 3. The quantitative estimate of drug-likeness (QED) is 0.229. The standard InChI is InChI=1S/C33H37FN8O2/c1-41(2)20-18-36-31(44)33(21-24-5-3-16-35-22-24)15-4-19-42(23-33)30(43)25-6-10-28(11-7-25)39-32-37-17-14-29(40-32)38-27-12-8-26(34)9-13-27/h3,5-14,16-17,22H,4,15,18-21,23H2,1-2H3,(H,36,44)(H2,37,38,39,40). The maximum Gasteiger partial charge on any atom is 0.253 e. The first-order valence-corrected chi connectivity index (χ1v) is 14.6. The lowest BCUT2D eigenvalue weighted by Crippen LogP contribution is -2.55. The van der Waals surface area contributed by atoms with E-state index in [1.165, 1.54) is 12.1 Å². The number of nitrogens with one attached hydrogen (secondary N) is 3. The zero-order valence-corrected chi connectivity index (χ0v) is 25.0. The SMILES string of the molecule is CN(C)CCNC(=O)C1(Cc2cccnc2)CCCN(C(=O)c2ccc(Nc3nccc(Nc4ccc(F)cc4)n3)cc2)C1. The van der Waals surface area contributed by atoms with Gasteiger partial charge in [0.1, 0.15) is 11.6 Å². The van der Waals surface area contributed by atoms with Crippen LogP contribution in [0.15, 0.2) is 85.3 Å². The molecule has 1 aliphatic rings. The molecule has 2 aromatic heterocycles. The van der Waals surface area contributed by atoms with Crippen molar-refractivity contribution in [1.29, 1.82) is 0 Å². The second-order valence-electron chi connectivity index (χ2n) is 11.3. The van der Waals surface area contributed by atoms with Crippen LogP contribution in [0.1, 0.15) is 28.8 Å². The highest BCUT2D eigenvalue weighted by molar-refractivity contribution is 5.95. The van der Waals surface area contributed by atoms with Crippen molar-refractivity contribution in [2.24, 2.45) is 5.41 Å². The number of anilines is 4. The summed E-state index contributed by atoms with van der Waals surface area (Å²) in [6.07, 6.45) is 7.06. The summed E-state index contributed by atoms with van der Waals surface area (Å²) in [5, 5.41) is 9.40. The minimum atomic E-state index is -0.741. The molecule has 1 aliphatic heterocycles. The number of amides is 2. The number of carbonyl (C=O) groups is 2. The van der Waals surface area contributed by atoms with E-state index in [1.54, 1.807) is 66.0 Å². The average Bonchev–Trinajstić information content (AvgIpc) is 3.03. The van der Waals surface area contributed by atoms with Gasteiger partial charge in [0.05, 0.1) is 5.41 Å². The lowest BCUT2D eigenvalue weighted by molar-refractivity contribution is -0.133. The Morgan fingerprint density at radius 3 is 2.45 bits per heavy atom. The Labute approximate surface area is 256 Å². The van der Waals surface area contributed by atoms with Gasteiger partial charge in [-0.15, -0.1) is 0 Å². The summed E-state index contributed by atoms with van der Waals surface area (Å²) in [5.74, 6) is 0.457. The van der Waals surface area contributed by atoms with E-state index in [1.807, 2.05) is 31.1 Å². The van der Waals surface area contributed by atoms with Crippen molar-refractivity contribution in [3.63, 3.8) is 0 Å². The summed E-state index contributed by atoms with van der Waals surface area (Å²) in [5.41, 5.74) is 2.18. The van der Waals surface area contributed by atoms with Crippen molar-refractivity contribution in [3.8, 4) is 0 Å². The summed E-state index contributed by atoms with van der Waals surface area (Å²) in [6.45, 7) is 2.19. The van der Waals surface area contributed by atoms with Gasteiger partial charge in [0.2, 0.25) is 11.9 Å². The molecule has 0 spiro atoms. The van der Waals surface area contributed by atoms with Crippen LogP contribution in [-0.2, 0) is 11.2 Å². The molecule has 10 nitrogen and oxygen atoms in total. The van der Waals surface area contributed by atoms with Gasteiger partial charge in [0.15, 0.2) is 0 Å². The number of carbonyl (C=O) groups excluding carboxylic acids is 2. The first-order chi connectivity index (χ1) is 21.3. The molecule has 2 amide bonds. The number of halogens is 1. The van der Waals surface area contributed by atoms with Crippen LogP contribution in [0.4, 0.5) is 27.5 Å². The Balaban J connectivity index is 1.26. The number of pyridine rings is 1. The van der Waals surface area contributed by atoms with Crippen LogP contribution < -0.4 is 16.0 Å². The van der Waals surface area contributed by atoms with Gasteiger partial charge in [0.25, 0.3) is 5.91 Å². The monoisotopic (exact) mass is 596 g/mol. The number of aromatic nitrogens is 3. The Morgan fingerprint density at radius 1 is 0.977 bits per heavy atom. The molecular formula is C33H37FN8O2. The maximum atomic E-state index is 13.7. The van der Waals surface area contributed by atoms with Gasteiger partial charge in [-0.2, -0.15) is 4.98 Å². The molecule has 1 fully saturated rings. The molecule has 2 aromatic carbocycles. The van der Waals surface area contributed by atoms with Crippen molar-refractivity contribution >= 4 is 35.0 Å². The highest BCUT2D eigenvalue weighted by Crippen LogP contribution is 2.35. The zero-order chi connectivity index (χ0) is 30.9. The summed E-state index contributed by atoms with van der Waals surface area (Å²) >= 11 is 0. The first-order valence-electron chi connectivity index (χ1n) is 14.6. The molecule has 11 heteroatoms. The molecule has 5 rings (SSSR count). The number of likely N-dealkylation sites (N-methyl/N-ethyl adjacent to an activating group) is 1. The second kappa shape index (κ2) is 14.0. The Bertz CT molecular complexity index is 1550. The van der Waals surface area contributed by atoms with E-state index in [2.05, 4.69) is 30.9 Å². The minimum absolute atomic E-state index is 0.0311. The van der Waals surface area contributed by atoms with Crippen LogP contribution in [0.2, 0.25) is 0 Å². The van der Waals surface area contributed by atoms with Crippen LogP contribution >= 0.6 is 0 Å². The Hall–Kier alpha value is -4.90. The van der Waals surface area contributed by atoms with Gasteiger partial charge in [-0.3, -0.25) is 14.6 Å². The lowest BCUT2D eigenvalue weighted by atomic mass is 9.74. The summed E-state index contributed by atoms with van der Waals surface area (Å²) in [6, 6.07) is 18.7. The molecule has 3 heterocycles. The third kappa shape index (κ3) is 7.93. The lowest BCUT2D eigenvalue weighted by Gasteiger charge is -2.42. The topological polar surface area (TPSA) is 115 Å². The smallest absolute Gasteiger partial charge is 0.253 e. The van der Waals surface area contributed by atoms with Gasteiger partial charge in [0, 0.05) is 61.7 Å². The van der Waals surface area contributed by atoms with E-state index in [4.69, 9.17) is 0 Å². The highest BCUT2D eigenvalue weighted by atomic mass is 19.1. The van der Waals surface area contributed by atoms with E-state index in [9.17, 15) is 14.0 Å². The normalized spacial score (nSPS) is 16.4. The molecule has 1 unspecified atom stereocenters. The van der Waals surface area contributed by atoms with Crippen molar-refractivity contribution in [2.45, 2.75) is 19.3 Å². The van der Waals surface area contributed by atoms with Gasteiger partial charge in [-0.1, -0.05) is 6.07 Å². The van der Waals surface area contributed by atoms with Crippen molar-refractivity contribution < 1.29 is 14.0 Å². The molecule has 1 atom stereocenters. The van der Waals surface area contributed by atoms with Crippen molar-refractivity contribution in [1.82, 2.24) is 30.1 Å². The molecule has 228 valence electrons. The average molecular weight is 597 g/mol. The number of rotatable bonds is 11.